The Kier molecular flexibility index (Phi) is 3.88. The van der Waals surface area contributed by atoms with Crippen LogP contribution in [0.15, 0.2) is 48.5 Å². The molecule has 1 aromatic heterocycles. The van der Waals surface area contributed by atoms with Crippen LogP contribution in [-0.4, -0.2) is 15.1 Å². The number of rotatable bonds is 3. The van der Waals surface area contributed by atoms with Gasteiger partial charge < -0.3 is 10.1 Å². The van der Waals surface area contributed by atoms with E-state index in [0.717, 1.165) is 40.8 Å². The zero-order chi connectivity index (χ0) is 15.6. The lowest BCUT2D eigenvalue weighted by Gasteiger charge is -2.26. The number of imidazole rings is 1. The molecule has 1 unspecified atom stereocenters. The van der Waals surface area contributed by atoms with Crippen molar-refractivity contribution < 1.29 is 5.11 Å². The summed E-state index contributed by atoms with van der Waals surface area (Å²) in [5.74, 6) is 1.30. The smallest absolute Gasteiger partial charge is 0.138 e. The molecule has 0 aliphatic heterocycles. The van der Waals surface area contributed by atoms with Gasteiger partial charge in [0, 0.05) is 5.56 Å². The number of para-hydroxylation sites is 2. The van der Waals surface area contributed by atoms with Crippen LogP contribution in [0.1, 0.15) is 43.8 Å². The number of aromatic amines is 1. The molecule has 3 nitrogen and oxygen atoms in total. The third kappa shape index (κ3) is 2.89. The average Bonchev–Trinajstić information content (AvgIpc) is 3.06. The van der Waals surface area contributed by atoms with E-state index in [1.165, 1.54) is 19.3 Å². The van der Waals surface area contributed by atoms with Crippen LogP contribution in [0.3, 0.4) is 0 Å². The lowest BCUT2D eigenvalue weighted by Crippen LogP contribution is -2.15. The molecule has 1 heterocycles. The molecule has 2 N–H and O–H groups in total. The Balaban J connectivity index is 1.57. The second kappa shape index (κ2) is 6.17. The number of aliphatic hydroxyl groups is 1. The maximum Gasteiger partial charge on any atom is 0.138 e. The van der Waals surface area contributed by atoms with Gasteiger partial charge in [0.15, 0.2) is 0 Å². The number of hydrogen-bond acceptors (Lipinski definition) is 2. The summed E-state index contributed by atoms with van der Waals surface area (Å²) in [7, 11) is 0. The summed E-state index contributed by atoms with van der Waals surface area (Å²) in [5, 5.41) is 10.6. The van der Waals surface area contributed by atoms with Gasteiger partial charge in [-0.15, -0.1) is 0 Å². The van der Waals surface area contributed by atoms with Crippen molar-refractivity contribution in [1.82, 2.24) is 9.97 Å². The van der Waals surface area contributed by atoms with E-state index in [2.05, 4.69) is 22.1 Å². The molecule has 1 atom stereocenters. The van der Waals surface area contributed by atoms with Crippen LogP contribution in [0, 0.1) is 5.92 Å². The molecule has 0 radical (unpaired) electrons. The molecular weight excluding hydrogens is 284 g/mol. The zero-order valence-electron chi connectivity index (χ0n) is 13.2. The zero-order valence-corrected chi connectivity index (χ0v) is 13.2. The van der Waals surface area contributed by atoms with E-state index in [1.54, 1.807) is 0 Å². The van der Waals surface area contributed by atoms with Crippen LogP contribution in [-0.2, 0) is 0 Å². The monoisotopic (exact) mass is 306 g/mol. The molecule has 2 aromatic carbocycles. The third-order valence-electron chi connectivity index (χ3n) is 5.01. The van der Waals surface area contributed by atoms with Crippen molar-refractivity contribution in [3.63, 3.8) is 0 Å². The Morgan fingerprint density at radius 2 is 1.70 bits per heavy atom. The van der Waals surface area contributed by atoms with E-state index in [-0.39, 0.29) is 6.10 Å². The highest BCUT2D eigenvalue weighted by Gasteiger charge is 2.23. The second-order valence-electron chi connectivity index (χ2n) is 6.57. The molecule has 4 rings (SSSR count). The summed E-state index contributed by atoms with van der Waals surface area (Å²) in [6.07, 6.45) is 5.77. The summed E-state index contributed by atoms with van der Waals surface area (Å²) >= 11 is 0. The van der Waals surface area contributed by atoms with Crippen molar-refractivity contribution in [2.75, 3.05) is 0 Å². The Labute approximate surface area is 136 Å². The number of fused-ring (bicyclic) bond motifs is 1. The SMILES string of the molecule is OC(c1ccc(-c2nc3ccccc3[nH]2)cc1)C1CCCCC1. The first-order chi connectivity index (χ1) is 11.3. The number of hydrogen-bond donors (Lipinski definition) is 2. The average molecular weight is 306 g/mol. The van der Waals surface area contributed by atoms with Crippen LogP contribution in [0.4, 0.5) is 0 Å². The second-order valence-corrected chi connectivity index (χ2v) is 6.57. The molecular formula is C20H22N2O. The van der Waals surface area contributed by atoms with E-state index in [9.17, 15) is 5.11 Å². The molecule has 0 amide bonds. The van der Waals surface area contributed by atoms with E-state index in [0.29, 0.717) is 5.92 Å². The van der Waals surface area contributed by atoms with Gasteiger partial charge in [0.1, 0.15) is 5.82 Å². The van der Waals surface area contributed by atoms with Gasteiger partial charge in [0.25, 0.3) is 0 Å². The van der Waals surface area contributed by atoms with Crippen molar-refractivity contribution in [1.29, 1.82) is 0 Å². The number of aliphatic hydroxyl groups excluding tert-OH is 1. The highest BCUT2D eigenvalue weighted by molar-refractivity contribution is 5.79. The van der Waals surface area contributed by atoms with Crippen LogP contribution in [0.5, 0.6) is 0 Å². The number of nitrogens with zero attached hydrogens (tertiary/aromatic N) is 1. The highest BCUT2D eigenvalue weighted by atomic mass is 16.3. The molecule has 3 aromatic rings. The topological polar surface area (TPSA) is 48.9 Å². The fraction of sp³-hybridized carbons (Fsp3) is 0.350. The maximum atomic E-state index is 10.6. The first kappa shape index (κ1) is 14.5. The lowest BCUT2D eigenvalue weighted by molar-refractivity contribution is 0.0848. The van der Waals surface area contributed by atoms with Gasteiger partial charge in [-0.05, 0) is 36.5 Å². The minimum absolute atomic E-state index is 0.333. The van der Waals surface area contributed by atoms with E-state index in [1.807, 2.05) is 36.4 Å². The standard InChI is InChI=1S/C20H22N2O/c23-19(14-6-2-1-3-7-14)15-10-12-16(13-11-15)20-21-17-8-4-5-9-18(17)22-20/h4-5,8-14,19,23H,1-3,6-7H2,(H,21,22). The van der Waals surface area contributed by atoms with Crippen molar-refractivity contribution in [2.45, 2.75) is 38.2 Å². The minimum Gasteiger partial charge on any atom is -0.388 e. The molecule has 118 valence electrons. The Morgan fingerprint density at radius 1 is 0.957 bits per heavy atom. The Hall–Kier alpha value is -2.13. The fourth-order valence-electron chi connectivity index (χ4n) is 3.65. The van der Waals surface area contributed by atoms with Crippen LogP contribution >= 0.6 is 0 Å². The summed E-state index contributed by atoms with van der Waals surface area (Å²) < 4.78 is 0. The van der Waals surface area contributed by atoms with Gasteiger partial charge in [-0.25, -0.2) is 4.98 Å². The van der Waals surface area contributed by atoms with E-state index in [4.69, 9.17) is 0 Å². The third-order valence-corrected chi connectivity index (χ3v) is 5.01. The normalized spacial score (nSPS) is 17.4. The molecule has 1 aliphatic rings. The van der Waals surface area contributed by atoms with Crippen molar-refractivity contribution in [3.8, 4) is 11.4 Å². The highest BCUT2D eigenvalue weighted by Crippen LogP contribution is 2.34. The van der Waals surface area contributed by atoms with Gasteiger partial charge >= 0.3 is 0 Å². The van der Waals surface area contributed by atoms with Crippen molar-refractivity contribution in [3.05, 3.63) is 54.1 Å². The van der Waals surface area contributed by atoms with Gasteiger partial charge in [-0.3, -0.25) is 0 Å². The molecule has 0 bridgehead atoms. The molecule has 23 heavy (non-hydrogen) atoms. The van der Waals surface area contributed by atoms with Crippen LogP contribution in [0.25, 0.3) is 22.4 Å². The predicted molar refractivity (Wildman–Crippen MR) is 93.1 cm³/mol. The quantitative estimate of drug-likeness (QED) is 0.727. The largest absolute Gasteiger partial charge is 0.388 e. The summed E-state index contributed by atoms with van der Waals surface area (Å²) in [6, 6.07) is 16.2. The van der Waals surface area contributed by atoms with Gasteiger partial charge in [-0.2, -0.15) is 0 Å². The number of aromatic nitrogens is 2. The number of nitrogens with one attached hydrogen (secondary N) is 1. The van der Waals surface area contributed by atoms with E-state index >= 15 is 0 Å². The molecule has 1 fully saturated rings. The molecule has 1 saturated carbocycles. The number of H-pyrrole nitrogens is 1. The number of benzene rings is 2. The summed E-state index contributed by atoms with van der Waals surface area (Å²) in [4.78, 5) is 7.98. The maximum absolute atomic E-state index is 10.6. The van der Waals surface area contributed by atoms with Crippen LogP contribution in [0.2, 0.25) is 0 Å². The molecule has 1 aliphatic carbocycles. The fourth-order valence-corrected chi connectivity index (χ4v) is 3.65. The van der Waals surface area contributed by atoms with Crippen molar-refractivity contribution >= 4 is 11.0 Å². The molecule has 0 saturated heterocycles. The summed E-state index contributed by atoms with van der Waals surface area (Å²) in [5.41, 5.74) is 4.11. The van der Waals surface area contributed by atoms with E-state index < -0.39 is 0 Å². The Morgan fingerprint density at radius 3 is 2.43 bits per heavy atom. The van der Waals surface area contributed by atoms with Gasteiger partial charge in [-0.1, -0.05) is 55.7 Å². The van der Waals surface area contributed by atoms with Crippen molar-refractivity contribution in [2.24, 2.45) is 5.92 Å². The van der Waals surface area contributed by atoms with Gasteiger partial charge in [0.2, 0.25) is 0 Å². The first-order valence-electron chi connectivity index (χ1n) is 8.54. The first-order valence-corrected chi connectivity index (χ1v) is 8.54. The Bertz CT molecular complexity index is 752. The predicted octanol–water partition coefficient (Wildman–Crippen LogP) is 4.84. The molecule has 3 heteroatoms. The van der Waals surface area contributed by atoms with Gasteiger partial charge in [0.05, 0.1) is 17.1 Å². The molecule has 0 spiro atoms. The lowest BCUT2D eigenvalue weighted by atomic mass is 9.82. The minimum atomic E-state index is -0.333. The van der Waals surface area contributed by atoms with Crippen LogP contribution < -0.4 is 0 Å². The summed E-state index contributed by atoms with van der Waals surface area (Å²) in [6.45, 7) is 0.